The summed E-state index contributed by atoms with van der Waals surface area (Å²) in [5, 5.41) is 10.1. The lowest BCUT2D eigenvalue weighted by Gasteiger charge is -2.32. The summed E-state index contributed by atoms with van der Waals surface area (Å²) in [4.78, 5) is 0. The first kappa shape index (κ1) is 18.0. The van der Waals surface area contributed by atoms with E-state index >= 15 is 0 Å². The fourth-order valence-corrected chi connectivity index (χ4v) is 2.75. The van der Waals surface area contributed by atoms with Crippen molar-refractivity contribution in [1.82, 2.24) is 0 Å². The monoisotopic (exact) mass is 318 g/mol. The smallest absolute Gasteiger partial charge is 0.163 e. The van der Waals surface area contributed by atoms with Gasteiger partial charge < -0.3 is 14.6 Å². The molecule has 0 amide bonds. The largest absolute Gasteiger partial charge is 0.512 e. The van der Waals surface area contributed by atoms with Gasteiger partial charge in [-0.2, -0.15) is 0 Å². The summed E-state index contributed by atoms with van der Waals surface area (Å²) in [6.07, 6.45) is 7.83. The molecule has 2 rings (SSSR count). The van der Waals surface area contributed by atoms with Gasteiger partial charge in [-0.15, -0.1) is 0 Å². The van der Waals surface area contributed by atoms with E-state index in [1.165, 1.54) is 37.7 Å². The van der Waals surface area contributed by atoms with Crippen LogP contribution in [0.15, 0.2) is 41.7 Å². The van der Waals surface area contributed by atoms with Crippen molar-refractivity contribution in [1.29, 1.82) is 0 Å². The number of aliphatic hydroxyl groups excluding tert-OH is 1. The molecular formula is C20H30O3. The molecule has 3 nitrogen and oxygen atoms in total. The molecule has 1 aromatic rings. The second kappa shape index (κ2) is 9.09. The van der Waals surface area contributed by atoms with Gasteiger partial charge in [-0.1, -0.05) is 49.6 Å². The Labute approximate surface area is 140 Å². The first-order valence-electron chi connectivity index (χ1n) is 8.78. The Balaban J connectivity index is 1.53. The fourth-order valence-electron chi connectivity index (χ4n) is 2.75. The van der Waals surface area contributed by atoms with Crippen LogP contribution in [0.3, 0.4) is 0 Å². The molecular weight excluding hydrogens is 288 g/mol. The third kappa shape index (κ3) is 6.76. The highest BCUT2D eigenvalue weighted by Gasteiger charge is 2.26. The van der Waals surface area contributed by atoms with Crippen molar-refractivity contribution >= 4 is 0 Å². The quantitative estimate of drug-likeness (QED) is 0.531. The van der Waals surface area contributed by atoms with Gasteiger partial charge in [0.15, 0.2) is 5.79 Å². The molecule has 0 atom stereocenters. The van der Waals surface area contributed by atoms with Crippen LogP contribution in [0.25, 0.3) is 0 Å². The minimum Gasteiger partial charge on any atom is -0.512 e. The minimum atomic E-state index is -0.525. The first-order valence-corrected chi connectivity index (χ1v) is 8.78. The second-order valence-electron chi connectivity index (χ2n) is 6.78. The van der Waals surface area contributed by atoms with Gasteiger partial charge in [0.1, 0.15) is 0 Å². The highest BCUT2D eigenvalue weighted by molar-refractivity contribution is 5.14. The molecule has 0 saturated carbocycles. The first-order chi connectivity index (χ1) is 11.1. The van der Waals surface area contributed by atoms with Crippen LogP contribution in [-0.4, -0.2) is 24.1 Å². The van der Waals surface area contributed by atoms with Crippen LogP contribution in [0, 0.1) is 0 Å². The average molecular weight is 318 g/mol. The number of allylic oxidation sites excluding steroid dienone is 1. The summed E-state index contributed by atoms with van der Waals surface area (Å²) < 4.78 is 11.1. The van der Waals surface area contributed by atoms with Crippen LogP contribution >= 0.6 is 0 Å². The molecule has 1 saturated heterocycles. The Bertz CT molecular complexity index is 479. The molecule has 1 aliphatic rings. The summed E-state index contributed by atoms with van der Waals surface area (Å²) in [6.45, 7) is 4.76. The zero-order chi connectivity index (χ0) is 16.5. The van der Waals surface area contributed by atoms with Gasteiger partial charge >= 0.3 is 0 Å². The van der Waals surface area contributed by atoms with E-state index in [2.05, 4.69) is 30.3 Å². The number of ether oxygens (including phenoxy) is 2. The highest BCUT2D eigenvalue weighted by atomic mass is 16.7. The lowest BCUT2D eigenvalue weighted by atomic mass is 10.0. The Morgan fingerprint density at radius 2 is 1.57 bits per heavy atom. The molecule has 0 unspecified atom stereocenters. The van der Waals surface area contributed by atoms with Gasteiger partial charge in [-0.3, -0.25) is 0 Å². The van der Waals surface area contributed by atoms with Crippen molar-refractivity contribution in [2.75, 3.05) is 13.2 Å². The molecule has 1 heterocycles. The van der Waals surface area contributed by atoms with E-state index in [1.54, 1.807) is 0 Å². The van der Waals surface area contributed by atoms with Gasteiger partial charge in [0, 0.05) is 12.0 Å². The molecule has 1 N–H and O–H groups in total. The fraction of sp³-hybridized carbons (Fsp3) is 0.600. The van der Waals surface area contributed by atoms with Gasteiger partial charge in [-0.25, -0.2) is 0 Å². The van der Waals surface area contributed by atoms with Crippen molar-refractivity contribution in [2.45, 2.75) is 64.6 Å². The van der Waals surface area contributed by atoms with Crippen LogP contribution in [0.2, 0.25) is 0 Å². The molecule has 0 aromatic heterocycles. The third-order valence-corrected chi connectivity index (χ3v) is 4.32. The van der Waals surface area contributed by atoms with E-state index in [9.17, 15) is 5.11 Å². The van der Waals surface area contributed by atoms with Crippen LogP contribution in [0.1, 0.15) is 57.9 Å². The molecule has 0 spiro atoms. The van der Waals surface area contributed by atoms with E-state index in [0.717, 1.165) is 18.4 Å². The molecule has 0 aliphatic carbocycles. The Hall–Kier alpha value is -1.32. The Morgan fingerprint density at radius 3 is 2.26 bits per heavy atom. The SMILES string of the molecule is CC1(C)OCC(=C(O)CCCCCCCc2ccccc2)CO1. The van der Waals surface area contributed by atoms with Gasteiger partial charge in [-0.05, 0) is 38.7 Å². The number of aliphatic hydroxyl groups is 1. The van der Waals surface area contributed by atoms with Crippen LogP contribution < -0.4 is 0 Å². The van der Waals surface area contributed by atoms with Gasteiger partial charge in [0.25, 0.3) is 0 Å². The maximum absolute atomic E-state index is 10.1. The number of aryl methyl sites for hydroxylation is 1. The van der Waals surface area contributed by atoms with Crippen LogP contribution in [0.5, 0.6) is 0 Å². The zero-order valence-corrected chi connectivity index (χ0v) is 14.5. The molecule has 1 aliphatic heterocycles. The predicted molar refractivity (Wildman–Crippen MR) is 93.5 cm³/mol. The normalized spacial score (nSPS) is 17.2. The molecule has 128 valence electrons. The summed E-state index contributed by atoms with van der Waals surface area (Å²) in [7, 11) is 0. The van der Waals surface area contributed by atoms with Crippen LogP contribution in [-0.2, 0) is 15.9 Å². The Kier molecular flexibility index (Phi) is 7.13. The standard InChI is InChI=1S/C20H30O3/c1-20(2)22-15-18(16-23-20)19(21)14-10-5-3-4-7-11-17-12-8-6-9-13-17/h6,8-9,12-13,21H,3-5,7,10-11,14-16H2,1-2H3. The minimum absolute atomic E-state index is 0.463. The van der Waals surface area contributed by atoms with Crippen LogP contribution in [0.4, 0.5) is 0 Å². The second-order valence-corrected chi connectivity index (χ2v) is 6.78. The number of rotatable bonds is 8. The van der Waals surface area contributed by atoms with E-state index in [1.807, 2.05) is 13.8 Å². The zero-order valence-electron chi connectivity index (χ0n) is 14.5. The molecule has 1 aromatic carbocycles. The van der Waals surface area contributed by atoms with Crippen molar-refractivity contribution in [2.24, 2.45) is 0 Å². The lowest BCUT2D eigenvalue weighted by molar-refractivity contribution is -0.226. The van der Waals surface area contributed by atoms with E-state index in [4.69, 9.17) is 9.47 Å². The van der Waals surface area contributed by atoms with Gasteiger partial charge in [0.2, 0.25) is 0 Å². The molecule has 0 bridgehead atoms. The summed E-state index contributed by atoms with van der Waals surface area (Å²) in [5.74, 6) is -0.0625. The van der Waals surface area contributed by atoms with E-state index in [-0.39, 0.29) is 0 Å². The Morgan fingerprint density at radius 1 is 0.957 bits per heavy atom. The summed E-state index contributed by atoms with van der Waals surface area (Å²) >= 11 is 0. The topological polar surface area (TPSA) is 38.7 Å². The molecule has 0 radical (unpaired) electrons. The van der Waals surface area contributed by atoms with E-state index in [0.29, 0.717) is 19.0 Å². The summed E-state index contributed by atoms with van der Waals surface area (Å²) in [5.41, 5.74) is 2.32. The molecule has 3 heteroatoms. The summed E-state index contributed by atoms with van der Waals surface area (Å²) in [6, 6.07) is 10.7. The third-order valence-electron chi connectivity index (χ3n) is 4.32. The number of hydrogen-bond acceptors (Lipinski definition) is 3. The van der Waals surface area contributed by atoms with Crippen molar-refractivity contribution in [3.63, 3.8) is 0 Å². The average Bonchev–Trinajstić information content (AvgIpc) is 2.54. The van der Waals surface area contributed by atoms with Crippen molar-refractivity contribution in [3.05, 3.63) is 47.2 Å². The number of hydrogen-bond donors (Lipinski definition) is 1. The van der Waals surface area contributed by atoms with Gasteiger partial charge in [0.05, 0.1) is 19.0 Å². The van der Waals surface area contributed by atoms with Crippen molar-refractivity contribution in [3.8, 4) is 0 Å². The molecule has 23 heavy (non-hydrogen) atoms. The maximum Gasteiger partial charge on any atom is 0.163 e. The predicted octanol–water partition coefficient (Wildman–Crippen LogP) is 5.16. The van der Waals surface area contributed by atoms with Crippen molar-refractivity contribution < 1.29 is 14.6 Å². The molecule has 1 fully saturated rings. The lowest BCUT2D eigenvalue weighted by Crippen LogP contribution is -2.36. The maximum atomic E-state index is 10.1. The number of benzene rings is 1. The number of unbranched alkanes of at least 4 members (excludes halogenated alkanes) is 4. The van der Waals surface area contributed by atoms with E-state index < -0.39 is 5.79 Å². The highest BCUT2D eigenvalue weighted by Crippen LogP contribution is 2.23.